The molecule has 3 N–H and O–H groups in total. The lowest BCUT2D eigenvalue weighted by Crippen LogP contribution is -2.11. The molecular formula is C28H49NO7. The van der Waals surface area contributed by atoms with Crippen LogP contribution in [0.5, 0.6) is 23.3 Å². The van der Waals surface area contributed by atoms with Gasteiger partial charge < -0.3 is 24.9 Å². The summed E-state index contributed by atoms with van der Waals surface area (Å²) in [6.45, 7) is 4.39. The first-order chi connectivity index (χ1) is 17.4. The Morgan fingerprint density at radius 2 is 0.833 bits per heavy atom. The van der Waals surface area contributed by atoms with Crippen LogP contribution >= 0.6 is 0 Å². The molecule has 0 bridgehead atoms. The van der Waals surface area contributed by atoms with Crippen LogP contribution in [-0.4, -0.2) is 32.1 Å². The van der Waals surface area contributed by atoms with Crippen molar-refractivity contribution < 1.29 is 34.5 Å². The fourth-order valence-electron chi connectivity index (χ4n) is 4.17. The van der Waals surface area contributed by atoms with E-state index in [-0.39, 0.29) is 17.6 Å². The van der Waals surface area contributed by atoms with E-state index in [0.717, 1.165) is 38.5 Å². The molecule has 0 aliphatic rings. The van der Waals surface area contributed by atoms with Crippen molar-refractivity contribution in [3.8, 4) is 23.3 Å². The number of carbonyl (C=O) groups excluding carboxylic acids is 2. The van der Waals surface area contributed by atoms with Gasteiger partial charge in [-0.1, -0.05) is 117 Å². The molecule has 0 radical (unpaired) electrons. The monoisotopic (exact) mass is 511 g/mol. The topological polar surface area (TPSA) is 118 Å². The predicted octanol–water partition coefficient (Wildman–Crippen LogP) is 7.79. The standard InChI is InChI=1S/C28H49NO7/c1-3-5-7-9-11-13-15-17-19-21-23(30)35-25-26(28(33)29(34)27(25)32)36-24(31)22-20-18-16-14-12-10-8-6-4-2/h32-34H,3-22H2,1-2H3. The van der Waals surface area contributed by atoms with E-state index in [0.29, 0.717) is 12.8 Å². The molecular weight excluding hydrogens is 462 g/mol. The molecule has 0 unspecified atom stereocenters. The zero-order chi connectivity index (χ0) is 26.6. The van der Waals surface area contributed by atoms with Gasteiger partial charge in [0, 0.05) is 12.8 Å². The van der Waals surface area contributed by atoms with Crippen LogP contribution in [-0.2, 0) is 9.59 Å². The van der Waals surface area contributed by atoms with Gasteiger partial charge in [0.1, 0.15) is 0 Å². The Labute approximate surface area is 216 Å². The van der Waals surface area contributed by atoms with E-state index in [1.54, 1.807) is 0 Å². The van der Waals surface area contributed by atoms with Crippen LogP contribution in [0.3, 0.4) is 0 Å². The van der Waals surface area contributed by atoms with Crippen LogP contribution < -0.4 is 9.47 Å². The molecule has 208 valence electrons. The van der Waals surface area contributed by atoms with Gasteiger partial charge in [0.05, 0.1) is 0 Å². The van der Waals surface area contributed by atoms with Crippen molar-refractivity contribution in [2.24, 2.45) is 0 Å². The van der Waals surface area contributed by atoms with Crippen LogP contribution in [0.1, 0.15) is 142 Å². The molecule has 0 atom stereocenters. The molecule has 8 heteroatoms. The molecule has 1 aromatic rings. The predicted molar refractivity (Wildman–Crippen MR) is 140 cm³/mol. The second kappa shape index (κ2) is 19.8. The summed E-state index contributed by atoms with van der Waals surface area (Å²) >= 11 is 0. The lowest BCUT2D eigenvalue weighted by Gasteiger charge is -2.07. The smallest absolute Gasteiger partial charge is 0.311 e. The van der Waals surface area contributed by atoms with E-state index in [4.69, 9.17) is 9.47 Å². The summed E-state index contributed by atoms with van der Waals surface area (Å²) in [4.78, 5) is 24.5. The summed E-state index contributed by atoms with van der Waals surface area (Å²) in [6.07, 6.45) is 20.1. The zero-order valence-electron chi connectivity index (χ0n) is 22.6. The highest BCUT2D eigenvalue weighted by atomic mass is 16.6. The Morgan fingerprint density at radius 1 is 0.556 bits per heavy atom. The first kappa shape index (κ1) is 31.6. The molecule has 8 nitrogen and oxygen atoms in total. The summed E-state index contributed by atoms with van der Waals surface area (Å²) in [5.41, 5.74) is 0. The summed E-state index contributed by atoms with van der Waals surface area (Å²) < 4.78 is 10.3. The van der Waals surface area contributed by atoms with E-state index >= 15 is 0 Å². The number of rotatable bonds is 22. The SMILES string of the molecule is CCCCCCCCCCCC(=O)Oc1c(OC(=O)CCCCCCCCCCC)c(O)n(O)c1O. The lowest BCUT2D eigenvalue weighted by molar-refractivity contribution is -0.137. The van der Waals surface area contributed by atoms with Gasteiger partial charge >= 0.3 is 11.9 Å². The molecule has 0 aliphatic heterocycles. The molecule has 1 heterocycles. The highest BCUT2D eigenvalue weighted by molar-refractivity contribution is 5.78. The van der Waals surface area contributed by atoms with E-state index in [1.165, 1.54) is 64.2 Å². The van der Waals surface area contributed by atoms with E-state index < -0.39 is 35.2 Å². The number of aromatic nitrogens is 1. The normalized spacial score (nSPS) is 11.1. The minimum atomic E-state index is -0.890. The summed E-state index contributed by atoms with van der Waals surface area (Å²) in [6, 6.07) is 0. The molecule has 0 fully saturated rings. The van der Waals surface area contributed by atoms with E-state index in [9.17, 15) is 25.0 Å². The molecule has 0 saturated carbocycles. The molecule has 36 heavy (non-hydrogen) atoms. The highest BCUT2D eigenvalue weighted by Gasteiger charge is 2.29. The van der Waals surface area contributed by atoms with Gasteiger partial charge in [-0.2, -0.15) is 0 Å². The molecule has 1 rings (SSSR count). The van der Waals surface area contributed by atoms with Crippen LogP contribution in [0.25, 0.3) is 0 Å². The van der Waals surface area contributed by atoms with E-state index in [2.05, 4.69) is 13.8 Å². The van der Waals surface area contributed by atoms with Crippen LogP contribution in [0.15, 0.2) is 0 Å². The number of esters is 2. The number of hydrogen-bond acceptors (Lipinski definition) is 7. The Morgan fingerprint density at radius 3 is 1.14 bits per heavy atom. The quantitative estimate of drug-likeness (QED) is 0.0825. The Hall–Kier alpha value is -2.38. The average Bonchev–Trinajstić information content (AvgIpc) is 3.05. The van der Waals surface area contributed by atoms with Crippen molar-refractivity contribution in [3.63, 3.8) is 0 Å². The van der Waals surface area contributed by atoms with Gasteiger partial charge in [-0.25, -0.2) is 0 Å². The summed E-state index contributed by atoms with van der Waals surface area (Å²) in [7, 11) is 0. The number of hydrogen-bond donors (Lipinski definition) is 3. The molecule has 0 aromatic carbocycles. The van der Waals surface area contributed by atoms with Crippen LogP contribution in [0, 0.1) is 0 Å². The van der Waals surface area contributed by atoms with Crippen molar-refractivity contribution in [3.05, 3.63) is 0 Å². The zero-order valence-corrected chi connectivity index (χ0v) is 22.6. The maximum Gasteiger partial charge on any atom is 0.311 e. The third kappa shape index (κ3) is 13.1. The minimum Gasteiger partial charge on any atom is -0.490 e. The molecule has 0 aliphatic carbocycles. The molecule has 0 saturated heterocycles. The third-order valence-electron chi connectivity index (χ3n) is 6.41. The largest absolute Gasteiger partial charge is 0.490 e. The number of carbonyl (C=O) groups is 2. The van der Waals surface area contributed by atoms with Gasteiger partial charge in [-0.05, 0) is 12.8 Å². The van der Waals surface area contributed by atoms with Crippen molar-refractivity contribution >= 4 is 11.9 Å². The second-order valence-corrected chi connectivity index (χ2v) is 9.72. The van der Waals surface area contributed by atoms with Gasteiger partial charge in [0.15, 0.2) is 0 Å². The average molecular weight is 512 g/mol. The first-order valence-corrected chi connectivity index (χ1v) is 14.2. The fraction of sp³-hybridized carbons (Fsp3) is 0.786. The van der Waals surface area contributed by atoms with Gasteiger partial charge in [0.25, 0.3) is 11.8 Å². The fourth-order valence-corrected chi connectivity index (χ4v) is 4.17. The minimum absolute atomic E-state index is 0.0301. The van der Waals surface area contributed by atoms with Gasteiger partial charge in [-0.15, -0.1) is 4.73 Å². The van der Waals surface area contributed by atoms with Crippen LogP contribution in [0.2, 0.25) is 0 Å². The maximum atomic E-state index is 12.2. The first-order valence-electron chi connectivity index (χ1n) is 14.2. The molecule has 0 spiro atoms. The van der Waals surface area contributed by atoms with Crippen molar-refractivity contribution in [1.29, 1.82) is 0 Å². The van der Waals surface area contributed by atoms with Crippen molar-refractivity contribution in [1.82, 2.24) is 4.73 Å². The Bertz CT molecular complexity index is 685. The third-order valence-corrected chi connectivity index (χ3v) is 6.41. The number of unbranched alkanes of at least 4 members (excludes halogenated alkanes) is 16. The summed E-state index contributed by atoms with van der Waals surface area (Å²) in [5, 5.41) is 29.8. The van der Waals surface area contributed by atoms with Crippen molar-refractivity contribution in [2.45, 2.75) is 142 Å². The van der Waals surface area contributed by atoms with Crippen molar-refractivity contribution in [2.75, 3.05) is 0 Å². The Balaban J connectivity index is 2.36. The lowest BCUT2D eigenvalue weighted by atomic mass is 10.1. The molecule has 0 amide bonds. The Kier molecular flexibility index (Phi) is 17.4. The van der Waals surface area contributed by atoms with Gasteiger partial charge in [0.2, 0.25) is 11.5 Å². The van der Waals surface area contributed by atoms with Gasteiger partial charge in [-0.3, -0.25) is 9.59 Å². The van der Waals surface area contributed by atoms with E-state index in [1.807, 2.05) is 0 Å². The number of aromatic hydroxyl groups is 2. The second-order valence-electron chi connectivity index (χ2n) is 9.72. The maximum absolute atomic E-state index is 12.2. The number of ether oxygens (including phenoxy) is 2. The number of nitrogens with zero attached hydrogens (tertiary/aromatic N) is 1. The molecule has 1 aromatic heterocycles. The van der Waals surface area contributed by atoms with Crippen LogP contribution in [0.4, 0.5) is 0 Å². The summed E-state index contributed by atoms with van der Waals surface area (Å²) in [5.74, 6) is -4.13. The highest BCUT2D eigenvalue weighted by Crippen LogP contribution is 2.46.